The molecule has 1 heterocycles. The Balaban J connectivity index is 2.17. The summed E-state index contributed by atoms with van der Waals surface area (Å²) >= 11 is 0. The first kappa shape index (κ1) is 14.3. The van der Waals surface area contributed by atoms with Gasteiger partial charge < -0.3 is 10.2 Å². The average molecular weight is 282 g/mol. The van der Waals surface area contributed by atoms with Crippen molar-refractivity contribution in [3.63, 3.8) is 0 Å². The van der Waals surface area contributed by atoms with Crippen LogP contribution in [0.5, 0.6) is 0 Å². The van der Waals surface area contributed by atoms with E-state index in [0.717, 1.165) is 25.2 Å². The van der Waals surface area contributed by atoms with E-state index in [2.05, 4.69) is 29.3 Å². The second-order valence-corrected chi connectivity index (χ2v) is 7.31. The smallest absolute Gasteiger partial charge is 0.152 e. The zero-order chi connectivity index (χ0) is 13.9. The van der Waals surface area contributed by atoms with Gasteiger partial charge in [0.2, 0.25) is 0 Å². The molecule has 1 N–H and O–H groups in total. The molecule has 1 aromatic rings. The molecule has 4 nitrogen and oxygen atoms in total. The predicted octanol–water partition coefficient (Wildman–Crippen LogP) is 1.42. The van der Waals surface area contributed by atoms with Crippen molar-refractivity contribution in [1.29, 1.82) is 0 Å². The Morgan fingerprint density at radius 2 is 2.11 bits per heavy atom. The first-order chi connectivity index (χ1) is 9.03. The predicted molar refractivity (Wildman–Crippen MR) is 79.3 cm³/mol. The summed E-state index contributed by atoms with van der Waals surface area (Å²) in [7, 11) is -0.839. The van der Waals surface area contributed by atoms with Crippen molar-refractivity contribution in [3.05, 3.63) is 29.8 Å². The molecule has 0 radical (unpaired) electrons. The highest BCUT2D eigenvalue weighted by molar-refractivity contribution is 7.91. The van der Waals surface area contributed by atoms with Crippen LogP contribution in [-0.2, 0) is 16.4 Å². The lowest BCUT2D eigenvalue weighted by molar-refractivity contribution is 0.600. The number of hydrogen-bond acceptors (Lipinski definition) is 4. The van der Waals surface area contributed by atoms with E-state index in [4.69, 9.17) is 0 Å². The molecule has 0 aromatic heterocycles. The summed E-state index contributed by atoms with van der Waals surface area (Å²) < 4.78 is 23.2. The maximum absolute atomic E-state index is 11.6. The molecule has 5 heteroatoms. The van der Waals surface area contributed by atoms with Crippen molar-refractivity contribution < 1.29 is 8.42 Å². The number of para-hydroxylation sites is 1. The summed E-state index contributed by atoms with van der Waals surface area (Å²) in [5.41, 5.74) is 2.35. The summed E-state index contributed by atoms with van der Waals surface area (Å²) in [6.45, 7) is 3.82. The van der Waals surface area contributed by atoms with Gasteiger partial charge in [-0.25, -0.2) is 8.42 Å². The van der Waals surface area contributed by atoms with Gasteiger partial charge in [0.1, 0.15) is 0 Å². The molecule has 1 aliphatic heterocycles. The third-order valence-electron chi connectivity index (χ3n) is 3.69. The second-order valence-electron chi connectivity index (χ2n) is 5.08. The zero-order valence-corrected chi connectivity index (χ0v) is 12.4. The summed E-state index contributed by atoms with van der Waals surface area (Å²) in [6, 6.07) is 8.29. The third-order valence-corrected chi connectivity index (χ3v) is 5.44. The number of anilines is 1. The van der Waals surface area contributed by atoms with Crippen molar-refractivity contribution in [1.82, 2.24) is 5.32 Å². The molecule has 0 bridgehead atoms. The summed E-state index contributed by atoms with van der Waals surface area (Å²) in [4.78, 5) is 2.12. The van der Waals surface area contributed by atoms with Crippen LogP contribution in [0.25, 0.3) is 0 Å². The van der Waals surface area contributed by atoms with Crippen LogP contribution in [0.3, 0.4) is 0 Å². The molecule has 1 aliphatic rings. The molecule has 106 valence electrons. The van der Waals surface area contributed by atoms with Gasteiger partial charge in [-0.2, -0.15) is 0 Å². The lowest BCUT2D eigenvalue weighted by Crippen LogP contribution is -2.33. The van der Waals surface area contributed by atoms with Gasteiger partial charge in [0.05, 0.1) is 11.5 Å². The molecule has 1 aromatic carbocycles. The molecule has 1 saturated heterocycles. The quantitative estimate of drug-likeness (QED) is 0.887. The standard InChI is InChI=1S/C14H22N2O2S/c1-3-15-10-12-6-4-5-7-14(12)16(2)13-8-9-19(17,18)11-13/h4-7,13,15H,3,8-11H2,1-2H3. The van der Waals surface area contributed by atoms with E-state index >= 15 is 0 Å². The lowest BCUT2D eigenvalue weighted by atomic mass is 10.1. The fourth-order valence-corrected chi connectivity index (χ4v) is 4.32. The minimum atomic E-state index is -2.84. The maximum atomic E-state index is 11.6. The Morgan fingerprint density at radius 1 is 1.37 bits per heavy atom. The molecular weight excluding hydrogens is 260 g/mol. The molecule has 1 unspecified atom stereocenters. The summed E-state index contributed by atoms with van der Waals surface area (Å²) in [5.74, 6) is 0.594. The first-order valence-electron chi connectivity index (χ1n) is 6.75. The van der Waals surface area contributed by atoms with Gasteiger partial charge in [0, 0.05) is 25.3 Å². The average Bonchev–Trinajstić information content (AvgIpc) is 2.76. The van der Waals surface area contributed by atoms with Gasteiger partial charge in [-0.05, 0) is 24.6 Å². The van der Waals surface area contributed by atoms with Crippen LogP contribution in [0, 0.1) is 0 Å². The van der Waals surface area contributed by atoms with E-state index < -0.39 is 9.84 Å². The van der Waals surface area contributed by atoms with Crippen LogP contribution in [0.2, 0.25) is 0 Å². The number of sulfone groups is 1. The topological polar surface area (TPSA) is 49.4 Å². The lowest BCUT2D eigenvalue weighted by Gasteiger charge is -2.28. The van der Waals surface area contributed by atoms with Crippen LogP contribution in [0.15, 0.2) is 24.3 Å². The number of rotatable bonds is 5. The van der Waals surface area contributed by atoms with Crippen molar-refractivity contribution in [2.24, 2.45) is 0 Å². The van der Waals surface area contributed by atoms with Gasteiger partial charge >= 0.3 is 0 Å². The zero-order valence-electron chi connectivity index (χ0n) is 11.6. The fraction of sp³-hybridized carbons (Fsp3) is 0.571. The largest absolute Gasteiger partial charge is 0.370 e. The van der Waals surface area contributed by atoms with E-state index in [0.29, 0.717) is 5.75 Å². The molecule has 0 amide bonds. The number of benzene rings is 1. The Kier molecular flexibility index (Phi) is 4.47. The van der Waals surface area contributed by atoms with Crippen LogP contribution in [0.1, 0.15) is 18.9 Å². The molecule has 0 aliphatic carbocycles. The number of hydrogen-bond donors (Lipinski definition) is 1. The monoisotopic (exact) mass is 282 g/mol. The van der Waals surface area contributed by atoms with E-state index in [-0.39, 0.29) is 11.8 Å². The molecule has 0 saturated carbocycles. The van der Waals surface area contributed by atoms with Crippen molar-refractivity contribution >= 4 is 15.5 Å². The Bertz CT molecular complexity index is 528. The van der Waals surface area contributed by atoms with Crippen LogP contribution >= 0.6 is 0 Å². The Hall–Kier alpha value is -1.07. The van der Waals surface area contributed by atoms with Crippen molar-refractivity contribution in [3.8, 4) is 0 Å². The van der Waals surface area contributed by atoms with Crippen molar-refractivity contribution in [2.45, 2.75) is 25.9 Å². The Labute approximate surface area is 115 Å². The van der Waals surface area contributed by atoms with Crippen molar-refractivity contribution in [2.75, 3.05) is 30.0 Å². The molecule has 2 rings (SSSR count). The number of nitrogens with one attached hydrogen (secondary N) is 1. The summed E-state index contributed by atoms with van der Waals surface area (Å²) in [6.07, 6.45) is 0.731. The fourth-order valence-electron chi connectivity index (χ4n) is 2.54. The van der Waals surface area contributed by atoms with Gasteiger partial charge in [-0.1, -0.05) is 25.1 Å². The van der Waals surface area contributed by atoms with Gasteiger partial charge in [0.15, 0.2) is 9.84 Å². The van der Waals surface area contributed by atoms with Gasteiger partial charge in [0.25, 0.3) is 0 Å². The molecule has 0 spiro atoms. The highest BCUT2D eigenvalue weighted by Crippen LogP contribution is 2.25. The maximum Gasteiger partial charge on any atom is 0.152 e. The minimum Gasteiger partial charge on any atom is -0.370 e. The Morgan fingerprint density at radius 3 is 2.74 bits per heavy atom. The SMILES string of the molecule is CCNCc1ccccc1N(C)C1CCS(=O)(=O)C1. The highest BCUT2D eigenvalue weighted by Gasteiger charge is 2.31. The van der Waals surface area contributed by atoms with E-state index in [9.17, 15) is 8.42 Å². The molecular formula is C14H22N2O2S. The van der Waals surface area contributed by atoms with E-state index in [1.54, 1.807) is 0 Å². The minimum absolute atomic E-state index is 0.104. The normalized spacial score (nSPS) is 21.5. The van der Waals surface area contributed by atoms with Crippen LogP contribution in [-0.4, -0.2) is 39.6 Å². The second kappa shape index (κ2) is 5.92. The summed E-state index contributed by atoms with van der Waals surface area (Å²) in [5, 5.41) is 3.32. The first-order valence-corrected chi connectivity index (χ1v) is 8.57. The van der Waals surface area contributed by atoms with Crippen LogP contribution < -0.4 is 10.2 Å². The van der Waals surface area contributed by atoms with Gasteiger partial charge in [-0.15, -0.1) is 0 Å². The molecule has 1 fully saturated rings. The third kappa shape index (κ3) is 3.48. The number of nitrogens with zero attached hydrogens (tertiary/aromatic N) is 1. The van der Waals surface area contributed by atoms with E-state index in [1.807, 2.05) is 19.2 Å². The highest BCUT2D eigenvalue weighted by atomic mass is 32.2. The van der Waals surface area contributed by atoms with Gasteiger partial charge in [-0.3, -0.25) is 0 Å². The molecule has 1 atom stereocenters. The van der Waals surface area contributed by atoms with Crippen LogP contribution in [0.4, 0.5) is 5.69 Å². The van der Waals surface area contributed by atoms with E-state index in [1.165, 1.54) is 5.56 Å². The molecule has 19 heavy (non-hydrogen) atoms.